The second-order valence-electron chi connectivity index (χ2n) is 7.87. The van der Waals surface area contributed by atoms with Crippen molar-refractivity contribution in [3.63, 3.8) is 0 Å². The third-order valence-electron chi connectivity index (χ3n) is 5.67. The molecule has 0 unspecified atom stereocenters. The molecular formula is C26H25NO5S. The average Bonchev–Trinajstić information content (AvgIpc) is 3.14. The highest BCUT2D eigenvalue weighted by Crippen LogP contribution is 2.36. The zero-order chi connectivity index (χ0) is 23.6. The van der Waals surface area contributed by atoms with Crippen molar-refractivity contribution < 1.29 is 22.7 Å². The summed E-state index contributed by atoms with van der Waals surface area (Å²) in [5, 5.41) is 0. The van der Waals surface area contributed by atoms with Crippen LogP contribution in [0.1, 0.15) is 16.7 Å². The number of hydrogen-bond donors (Lipinski definition) is 0. The van der Waals surface area contributed by atoms with E-state index in [1.54, 1.807) is 43.4 Å². The number of sulfone groups is 1. The molecule has 1 aliphatic heterocycles. The Morgan fingerprint density at radius 3 is 2.12 bits per heavy atom. The van der Waals surface area contributed by atoms with Gasteiger partial charge in [0.05, 0.1) is 24.7 Å². The third kappa shape index (κ3) is 4.64. The Hall–Kier alpha value is -3.58. The lowest BCUT2D eigenvalue weighted by atomic mass is 9.97. The Labute approximate surface area is 194 Å². The minimum absolute atomic E-state index is 0.0711. The van der Waals surface area contributed by atoms with E-state index in [9.17, 15) is 13.2 Å². The van der Waals surface area contributed by atoms with Crippen molar-refractivity contribution in [3.05, 3.63) is 89.5 Å². The van der Waals surface area contributed by atoms with Crippen molar-refractivity contribution in [1.29, 1.82) is 0 Å². The first-order valence-electron chi connectivity index (χ1n) is 10.4. The van der Waals surface area contributed by atoms with Crippen molar-refractivity contribution in [2.75, 3.05) is 27.0 Å². The molecule has 0 saturated carbocycles. The van der Waals surface area contributed by atoms with Gasteiger partial charge in [-0.2, -0.15) is 0 Å². The Balaban J connectivity index is 1.71. The van der Waals surface area contributed by atoms with E-state index in [0.29, 0.717) is 30.2 Å². The van der Waals surface area contributed by atoms with Gasteiger partial charge in [-0.05, 0) is 46.5 Å². The van der Waals surface area contributed by atoms with Gasteiger partial charge in [0, 0.05) is 19.3 Å². The largest absolute Gasteiger partial charge is 0.493 e. The van der Waals surface area contributed by atoms with Gasteiger partial charge < -0.3 is 14.4 Å². The highest BCUT2D eigenvalue weighted by Gasteiger charge is 2.32. The smallest absolute Gasteiger partial charge is 0.255 e. The third-order valence-corrected chi connectivity index (χ3v) is 6.80. The minimum atomic E-state index is -3.30. The molecule has 0 radical (unpaired) electrons. The van der Waals surface area contributed by atoms with Crippen LogP contribution < -0.4 is 9.47 Å². The number of benzene rings is 3. The summed E-state index contributed by atoms with van der Waals surface area (Å²) >= 11 is 0. The quantitative estimate of drug-likeness (QED) is 0.528. The summed E-state index contributed by atoms with van der Waals surface area (Å²) < 4.78 is 34.4. The topological polar surface area (TPSA) is 72.9 Å². The summed E-state index contributed by atoms with van der Waals surface area (Å²) in [5.74, 6) is 1.16. The van der Waals surface area contributed by atoms with Crippen LogP contribution >= 0.6 is 0 Å². The van der Waals surface area contributed by atoms with E-state index in [1.807, 2.05) is 48.5 Å². The number of rotatable bonds is 7. The Morgan fingerprint density at radius 1 is 0.848 bits per heavy atom. The predicted molar refractivity (Wildman–Crippen MR) is 128 cm³/mol. The van der Waals surface area contributed by atoms with Gasteiger partial charge in [0.25, 0.3) is 5.91 Å². The molecule has 3 aromatic rings. The maximum atomic E-state index is 13.5. The molecule has 6 nitrogen and oxygen atoms in total. The number of nitrogens with zero attached hydrogens (tertiary/aromatic N) is 1. The van der Waals surface area contributed by atoms with Crippen LogP contribution in [0, 0.1) is 0 Å². The fourth-order valence-electron chi connectivity index (χ4n) is 4.00. The molecule has 4 rings (SSSR count). The number of carbonyl (C=O) groups is 1. The maximum absolute atomic E-state index is 13.5. The van der Waals surface area contributed by atoms with Gasteiger partial charge in [0.2, 0.25) is 0 Å². The van der Waals surface area contributed by atoms with E-state index in [2.05, 4.69) is 0 Å². The summed E-state index contributed by atoms with van der Waals surface area (Å²) in [4.78, 5) is 15.5. The van der Waals surface area contributed by atoms with Crippen LogP contribution in [0.3, 0.4) is 0 Å². The van der Waals surface area contributed by atoms with Crippen LogP contribution in [0.15, 0.2) is 77.7 Å². The Bertz CT molecular complexity index is 1310. The molecule has 0 aromatic heterocycles. The van der Waals surface area contributed by atoms with Gasteiger partial charge in [0.15, 0.2) is 21.3 Å². The van der Waals surface area contributed by atoms with Crippen LogP contribution in [0.4, 0.5) is 0 Å². The Morgan fingerprint density at radius 2 is 1.52 bits per heavy atom. The van der Waals surface area contributed by atoms with Gasteiger partial charge in [-0.25, -0.2) is 8.42 Å². The van der Waals surface area contributed by atoms with Gasteiger partial charge in [-0.3, -0.25) is 4.79 Å². The molecule has 1 amide bonds. The van der Waals surface area contributed by atoms with Crippen LogP contribution in [-0.2, 0) is 21.2 Å². The lowest BCUT2D eigenvalue weighted by Gasteiger charge is -2.18. The Kier molecular flexibility index (Phi) is 6.24. The van der Waals surface area contributed by atoms with Crippen molar-refractivity contribution >= 4 is 26.9 Å². The minimum Gasteiger partial charge on any atom is -0.493 e. The fourth-order valence-corrected chi connectivity index (χ4v) is 4.63. The molecule has 7 heteroatoms. The average molecular weight is 464 g/mol. The normalized spacial score (nSPS) is 14.0. The second-order valence-corrected chi connectivity index (χ2v) is 9.88. The molecule has 0 spiro atoms. The van der Waals surface area contributed by atoms with Crippen molar-refractivity contribution in [2.45, 2.75) is 11.4 Å². The summed E-state index contributed by atoms with van der Waals surface area (Å²) in [5.41, 5.74) is 4.07. The zero-order valence-corrected chi connectivity index (χ0v) is 19.6. The second kappa shape index (κ2) is 9.11. The summed E-state index contributed by atoms with van der Waals surface area (Å²) in [7, 11) is -0.137. The van der Waals surface area contributed by atoms with Gasteiger partial charge in [-0.15, -0.1) is 0 Å². The molecule has 3 aromatic carbocycles. The van der Waals surface area contributed by atoms with Crippen molar-refractivity contribution in [1.82, 2.24) is 4.90 Å². The molecule has 0 N–H and O–H groups in total. The fraction of sp³-hybridized carbons (Fsp3) is 0.192. The molecule has 1 aliphatic rings. The number of ether oxygens (including phenoxy) is 2. The summed E-state index contributed by atoms with van der Waals surface area (Å²) in [6.07, 6.45) is 1.18. The summed E-state index contributed by atoms with van der Waals surface area (Å²) in [6, 6.07) is 21.8. The van der Waals surface area contributed by atoms with Crippen LogP contribution in [-0.4, -0.2) is 46.2 Å². The van der Waals surface area contributed by atoms with E-state index in [4.69, 9.17) is 9.47 Å². The predicted octanol–water partition coefficient (Wildman–Crippen LogP) is 4.06. The first kappa shape index (κ1) is 22.6. The molecule has 0 aliphatic carbocycles. The number of hydrogen-bond acceptors (Lipinski definition) is 5. The van der Waals surface area contributed by atoms with Crippen LogP contribution in [0.5, 0.6) is 11.5 Å². The van der Waals surface area contributed by atoms with Gasteiger partial charge >= 0.3 is 0 Å². The molecule has 170 valence electrons. The molecule has 0 atom stereocenters. The van der Waals surface area contributed by atoms with E-state index < -0.39 is 9.84 Å². The van der Waals surface area contributed by atoms with Crippen LogP contribution in [0.2, 0.25) is 0 Å². The molecular weight excluding hydrogens is 438 g/mol. The maximum Gasteiger partial charge on any atom is 0.255 e. The van der Waals surface area contributed by atoms with Crippen LogP contribution in [0.25, 0.3) is 11.1 Å². The van der Waals surface area contributed by atoms with Gasteiger partial charge in [0.1, 0.15) is 0 Å². The molecule has 0 bridgehead atoms. The van der Waals surface area contributed by atoms with Crippen molar-refractivity contribution in [3.8, 4) is 11.5 Å². The highest BCUT2D eigenvalue weighted by atomic mass is 32.2. The number of carbonyl (C=O) groups excluding carboxylic acids is 1. The zero-order valence-electron chi connectivity index (χ0n) is 18.7. The number of amides is 1. The lowest BCUT2D eigenvalue weighted by molar-refractivity contribution is -0.124. The summed E-state index contributed by atoms with van der Waals surface area (Å²) in [6.45, 7) is 0.816. The molecule has 1 heterocycles. The van der Waals surface area contributed by atoms with Crippen molar-refractivity contribution in [2.24, 2.45) is 0 Å². The number of methoxy groups -OCH3 is 2. The lowest BCUT2D eigenvalue weighted by Crippen LogP contribution is -2.26. The first-order chi connectivity index (χ1) is 15.8. The van der Waals surface area contributed by atoms with E-state index in [-0.39, 0.29) is 10.8 Å². The van der Waals surface area contributed by atoms with E-state index >= 15 is 0 Å². The standard InChI is InChI=1S/C26H25NO5S/c1-31-23-14-9-18(15-24(23)32-2)16-27-17-22(19-10-12-21(13-11-19)33(3,29)30)25(26(27)28)20-7-5-4-6-8-20/h4-15H,16-17H2,1-3H3. The van der Waals surface area contributed by atoms with E-state index in [0.717, 1.165) is 22.3 Å². The monoisotopic (exact) mass is 463 g/mol. The van der Waals surface area contributed by atoms with E-state index in [1.165, 1.54) is 6.26 Å². The SMILES string of the molecule is COc1ccc(CN2CC(c3ccc(S(C)(=O)=O)cc3)=C(c3ccccc3)C2=O)cc1OC. The molecule has 33 heavy (non-hydrogen) atoms. The molecule has 0 saturated heterocycles. The first-order valence-corrected chi connectivity index (χ1v) is 12.3. The molecule has 0 fully saturated rings. The highest BCUT2D eigenvalue weighted by molar-refractivity contribution is 7.90. The van der Waals surface area contributed by atoms with Gasteiger partial charge in [-0.1, -0.05) is 48.5 Å².